The molecule has 1 aromatic carbocycles. The zero-order chi connectivity index (χ0) is 14.3. The molecule has 0 spiro atoms. The quantitative estimate of drug-likeness (QED) is 0.639. The first-order valence-corrected chi connectivity index (χ1v) is 7.88. The molecule has 0 unspecified atom stereocenters. The van der Waals surface area contributed by atoms with Gasteiger partial charge in [-0.05, 0) is 24.0 Å². The van der Waals surface area contributed by atoms with E-state index in [4.69, 9.17) is 0 Å². The summed E-state index contributed by atoms with van der Waals surface area (Å²) in [6, 6.07) is 5.23. The Morgan fingerprint density at radius 2 is 2.00 bits per heavy atom. The summed E-state index contributed by atoms with van der Waals surface area (Å²) in [6.45, 7) is 8.28. The van der Waals surface area contributed by atoms with Crippen LogP contribution in [0.15, 0.2) is 22.7 Å². The molecule has 1 aromatic rings. The molecule has 0 heterocycles. The fourth-order valence-electron chi connectivity index (χ4n) is 2.14. The Hall–Kier alpha value is -0.410. The first kappa shape index (κ1) is 16.6. The second-order valence-corrected chi connectivity index (χ2v) is 6.88. The van der Waals surface area contributed by atoms with Crippen LogP contribution >= 0.6 is 15.9 Å². The minimum Gasteiger partial charge on any atom is -0.312 e. The molecule has 0 aliphatic carbocycles. The molecule has 1 nitrogen and oxygen atoms in total. The summed E-state index contributed by atoms with van der Waals surface area (Å²) < 4.78 is 14.4. The van der Waals surface area contributed by atoms with Gasteiger partial charge in [-0.1, -0.05) is 62.0 Å². The van der Waals surface area contributed by atoms with Gasteiger partial charge in [0.15, 0.2) is 0 Å². The third kappa shape index (κ3) is 6.53. The molecule has 0 saturated heterocycles. The maximum atomic E-state index is 13.6. The molecule has 3 heteroatoms. The third-order valence-corrected chi connectivity index (χ3v) is 3.88. The lowest BCUT2D eigenvalue weighted by molar-refractivity contribution is 0.301. The summed E-state index contributed by atoms with van der Waals surface area (Å²) in [5.41, 5.74) is 1.01. The maximum absolute atomic E-state index is 13.6. The Balaban J connectivity index is 2.36. The molecule has 0 aromatic heterocycles. The number of hydrogen-bond acceptors (Lipinski definition) is 1. The fourth-order valence-corrected chi connectivity index (χ4v) is 2.48. The largest absolute Gasteiger partial charge is 0.312 e. The topological polar surface area (TPSA) is 12.0 Å². The smallest absolute Gasteiger partial charge is 0.128 e. The van der Waals surface area contributed by atoms with Crippen molar-refractivity contribution in [3.63, 3.8) is 0 Å². The van der Waals surface area contributed by atoms with Gasteiger partial charge in [-0.15, -0.1) is 0 Å². The molecule has 0 aliphatic heterocycles. The molecule has 19 heavy (non-hydrogen) atoms. The molecular formula is C16H25BrFN. The number of rotatable bonds is 8. The predicted octanol–water partition coefficient (Wildman–Crippen LogP) is 5.28. The van der Waals surface area contributed by atoms with Gasteiger partial charge in [0.1, 0.15) is 5.82 Å². The second-order valence-electron chi connectivity index (χ2n) is 5.96. The van der Waals surface area contributed by atoms with Crippen LogP contribution in [0, 0.1) is 11.2 Å². The van der Waals surface area contributed by atoms with Gasteiger partial charge in [0.2, 0.25) is 0 Å². The third-order valence-electron chi connectivity index (χ3n) is 3.39. The second kappa shape index (κ2) is 8.01. The van der Waals surface area contributed by atoms with Crippen LogP contribution in [-0.2, 0) is 6.54 Å². The lowest BCUT2D eigenvalue weighted by atomic mass is 9.87. The van der Waals surface area contributed by atoms with Crippen molar-refractivity contribution in [3.05, 3.63) is 34.1 Å². The van der Waals surface area contributed by atoms with Crippen LogP contribution in [-0.4, -0.2) is 6.54 Å². The summed E-state index contributed by atoms with van der Waals surface area (Å²) >= 11 is 3.27. The van der Waals surface area contributed by atoms with E-state index in [2.05, 4.69) is 42.0 Å². The molecule has 0 fully saturated rings. The molecule has 0 radical (unpaired) electrons. The average Bonchev–Trinajstić information content (AvgIpc) is 2.32. The number of nitrogens with one attached hydrogen (secondary N) is 1. The SMILES string of the molecule is CCCCCC(C)(C)CNCc1ccc(Br)cc1F. The summed E-state index contributed by atoms with van der Waals surface area (Å²) in [5, 5.41) is 3.37. The normalized spacial score (nSPS) is 11.8. The zero-order valence-corrected chi connectivity index (χ0v) is 13.8. The van der Waals surface area contributed by atoms with Crippen molar-refractivity contribution in [1.82, 2.24) is 5.32 Å². The highest BCUT2D eigenvalue weighted by Gasteiger charge is 2.16. The minimum atomic E-state index is -0.148. The number of unbranched alkanes of at least 4 members (excludes halogenated alkanes) is 2. The van der Waals surface area contributed by atoms with Crippen molar-refractivity contribution in [3.8, 4) is 0 Å². The van der Waals surface area contributed by atoms with Gasteiger partial charge in [0.25, 0.3) is 0 Å². The Labute approximate surface area is 125 Å². The number of hydrogen-bond donors (Lipinski definition) is 1. The van der Waals surface area contributed by atoms with E-state index >= 15 is 0 Å². The van der Waals surface area contributed by atoms with E-state index in [1.165, 1.54) is 31.7 Å². The van der Waals surface area contributed by atoms with Crippen molar-refractivity contribution in [2.75, 3.05) is 6.54 Å². The van der Waals surface area contributed by atoms with Crippen LogP contribution in [0.3, 0.4) is 0 Å². The highest BCUT2D eigenvalue weighted by molar-refractivity contribution is 9.10. The van der Waals surface area contributed by atoms with E-state index in [-0.39, 0.29) is 11.2 Å². The number of halogens is 2. The minimum absolute atomic E-state index is 0.148. The summed E-state index contributed by atoms with van der Waals surface area (Å²) in [4.78, 5) is 0. The van der Waals surface area contributed by atoms with Crippen LogP contribution in [0.1, 0.15) is 52.0 Å². The van der Waals surface area contributed by atoms with Crippen molar-refractivity contribution in [2.24, 2.45) is 5.41 Å². The molecule has 1 rings (SSSR count). The Morgan fingerprint density at radius 1 is 1.26 bits per heavy atom. The van der Waals surface area contributed by atoms with Crippen LogP contribution in [0.4, 0.5) is 4.39 Å². The molecule has 0 amide bonds. The average molecular weight is 330 g/mol. The molecule has 1 N–H and O–H groups in total. The monoisotopic (exact) mass is 329 g/mol. The lowest BCUT2D eigenvalue weighted by Crippen LogP contribution is -2.29. The van der Waals surface area contributed by atoms with Gasteiger partial charge in [-0.3, -0.25) is 0 Å². The van der Waals surface area contributed by atoms with E-state index in [1.807, 2.05) is 12.1 Å². The molecule has 0 atom stereocenters. The van der Waals surface area contributed by atoms with Gasteiger partial charge in [0.05, 0.1) is 0 Å². The van der Waals surface area contributed by atoms with Crippen molar-refractivity contribution in [2.45, 2.75) is 53.0 Å². The summed E-state index contributed by atoms with van der Waals surface area (Å²) in [5.74, 6) is -0.148. The Bertz CT molecular complexity index is 390. The molecule has 0 saturated carbocycles. The van der Waals surface area contributed by atoms with Gasteiger partial charge in [-0.2, -0.15) is 0 Å². The molecule has 108 valence electrons. The van der Waals surface area contributed by atoms with Crippen LogP contribution in [0.5, 0.6) is 0 Å². The Kier molecular flexibility index (Phi) is 7.01. The highest BCUT2D eigenvalue weighted by Crippen LogP contribution is 2.23. The van der Waals surface area contributed by atoms with Crippen molar-refractivity contribution in [1.29, 1.82) is 0 Å². The van der Waals surface area contributed by atoms with E-state index in [1.54, 1.807) is 0 Å². The van der Waals surface area contributed by atoms with Gasteiger partial charge < -0.3 is 5.32 Å². The predicted molar refractivity (Wildman–Crippen MR) is 83.7 cm³/mol. The van der Waals surface area contributed by atoms with Crippen molar-refractivity contribution < 1.29 is 4.39 Å². The van der Waals surface area contributed by atoms with Gasteiger partial charge >= 0.3 is 0 Å². The van der Waals surface area contributed by atoms with E-state index in [9.17, 15) is 4.39 Å². The molecule has 0 bridgehead atoms. The standard InChI is InChI=1S/C16H25BrFN/c1-4-5-6-9-16(2,3)12-19-11-13-7-8-14(17)10-15(13)18/h7-8,10,19H,4-6,9,11-12H2,1-3H3. The van der Waals surface area contributed by atoms with E-state index in [0.29, 0.717) is 6.54 Å². The first-order valence-electron chi connectivity index (χ1n) is 7.09. The first-order chi connectivity index (χ1) is 8.94. The van der Waals surface area contributed by atoms with Crippen molar-refractivity contribution >= 4 is 15.9 Å². The van der Waals surface area contributed by atoms with Crippen LogP contribution in [0.25, 0.3) is 0 Å². The highest BCUT2D eigenvalue weighted by atomic mass is 79.9. The zero-order valence-electron chi connectivity index (χ0n) is 12.2. The molecular weight excluding hydrogens is 305 g/mol. The molecule has 0 aliphatic rings. The van der Waals surface area contributed by atoms with Gasteiger partial charge in [0, 0.05) is 23.1 Å². The fraction of sp³-hybridized carbons (Fsp3) is 0.625. The van der Waals surface area contributed by atoms with Crippen LogP contribution in [0.2, 0.25) is 0 Å². The van der Waals surface area contributed by atoms with E-state index in [0.717, 1.165) is 16.6 Å². The summed E-state index contributed by atoms with van der Waals surface area (Å²) in [6.07, 6.45) is 5.05. The van der Waals surface area contributed by atoms with Crippen LogP contribution < -0.4 is 5.32 Å². The van der Waals surface area contributed by atoms with Gasteiger partial charge in [-0.25, -0.2) is 4.39 Å². The summed E-state index contributed by atoms with van der Waals surface area (Å²) in [7, 11) is 0. The maximum Gasteiger partial charge on any atom is 0.128 e. The number of benzene rings is 1. The Morgan fingerprint density at radius 3 is 2.63 bits per heavy atom. The lowest BCUT2D eigenvalue weighted by Gasteiger charge is -2.25. The van der Waals surface area contributed by atoms with E-state index < -0.39 is 0 Å².